The molecule has 7 heteroatoms. The van der Waals surface area contributed by atoms with E-state index in [-0.39, 0.29) is 5.78 Å². The Kier molecular flexibility index (Phi) is 4.05. The number of carbonyl (C=O) groups excluding carboxylic acids is 1. The van der Waals surface area contributed by atoms with E-state index < -0.39 is 0 Å². The molecule has 3 aromatic rings. The summed E-state index contributed by atoms with van der Waals surface area (Å²) in [6.07, 6.45) is 0. The van der Waals surface area contributed by atoms with Crippen molar-refractivity contribution >= 4 is 67.2 Å². The number of H-pyrrole nitrogens is 1. The van der Waals surface area contributed by atoms with E-state index in [4.69, 9.17) is 11.6 Å². The summed E-state index contributed by atoms with van der Waals surface area (Å²) < 4.78 is 1.02. The van der Waals surface area contributed by atoms with E-state index in [1.54, 1.807) is 17.8 Å². The molecule has 0 spiro atoms. The number of carbonyl (C=O) groups is 1. The van der Waals surface area contributed by atoms with Gasteiger partial charge in [-0.3, -0.25) is 9.79 Å². The maximum atomic E-state index is 12.4. The number of nitrogens with one attached hydrogen (secondary N) is 1. The lowest BCUT2D eigenvalue weighted by atomic mass is 10.1. The van der Waals surface area contributed by atoms with Crippen molar-refractivity contribution in [2.75, 3.05) is 18.1 Å². The fraction of sp³-hybridized carbons (Fsp3) is 0.188. The van der Waals surface area contributed by atoms with Gasteiger partial charge in [0.05, 0.1) is 12.3 Å². The molecule has 1 aliphatic heterocycles. The average molecular weight is 362 g/mol. The molecular formula is C16H12ClN3OS2. The Morgan fingerprint density at radius 3 is 3.04 bits per heavy atom. The lowest BCUT2D eigenvalue weighted by Crippen LogP contribution is -2.03. The van der Waals surface area contributed by atoms with Crippen LogP contribution in [0.4, 0.5) is 0 Å². The van der Waals surface area contributed by atoms with Gasteiger partial charge in [-0.25, -0.2) is 4.98 Å². The number of aromatic nitrogens is 2. The second kappa shape index (κ2) is 6.19. The van der Waals surface area contributed by atoms with Crippen LogP contribution in [-0.4, -0.2) is 38.2 Å². The number of thioether (sulfide) groups is 2. The van der Waals surface area contributed by atoms with Crippen LogP contribution in [0.15, 0.2) is 35.3 Å². The number of aromatic amines is 1. The van der Waals surface area contributed by atoms with Crippen molar-refractivity contribution in [3.63, 3.8) is 0 Å². The molecule has 0 saturated heterocycles. The number of benzene rings is 1. The molecule has 0 fully saturated rings. The number of nitrogens with zero attached hydrogens (tertiary/aromatic N) is 2. The van der Waals surface area contributed by atoms with Crippen LogP contribution in [0.5, 0.6) is 0 Å². The van der Waals surface area contributed by atoms with Crippen molar-refractivity contribution in [1.29, 1.82) is 0 Å². The number of hydrogen-bond donors (Lipinski definition) is 1. The quantitative estimate of drug-likeness (QED) is 0.555. The second-order valence-corrected chi connectivity index (χ2v) is 7.82. The number of aliphatic imine (C=N–C) groups is 1. The van der Waals surface area contributed by atoms with E-state index in [1.807, 2.05) is 24.3 Å². The predicted molar refractivity (Wildman–Crippen MR) is 100 cm³/mol. The Morgan fingerprint density at radius 1 is 1.30 bits per heavy atom. The van der Waals surface area contributed by atoms with Gasteiger partial charge in [-0.2, -0.15) is 0 Å². The Morgan fingerprint density at radius 2 is 2.22 bits per heavy atom. The summed E-state index contributed by atoms with van der Waals surface area (Å²) in [5.41, 5.74) is 2.40. The lowest BCUT2D eigenvalue weighted by molar-refractivity contribution is 0.102. The van der Waals surface area contributed by atoms with Crippen LogP contribution >= 0.6 is 35.1 Å². The summed E-state index contributed by atoms with van der Waals surface area (Å²) >= 11 is 9.18. The Bertz CT molecular complexity index is 951. The SMILES string of the molecule is O=C(CSC1=NCCS1)c1ccc2[nH]c3nc(Cl)ccc3c2c1. The topological polar surface area (TPSA) is 58.1 Å². The number of halogens is 1. The van der Waals surface area contributed by atoms with E-state index >= 15 is 0 Å². The van der Waals surface area contributed by atoms with Crippen LogP contribution in [0.25, 0.3) is 21.9 Å². The van der Waals surface area contributed by atoms with E-state index in [9.17, 15) is 4.79 Å². The van der Waals surface area contributed by atoms with Crippen molar-refractivity contribution in [3.05, 3.63) is 41.0 Å². The molecule has 0 unspecified atom stereocenters. The summed E-state index contributed by atoms with van der Waals surface area (Å²) in [6.45, 7) is 0.859. The minimum absolute atomic E-state index is 0.114. The number of pyridine rings is 1. The largest absolute Gasteiger partial charge is 0.339 e. The number of ketones is 1. The fourth-order valence-corrected chi connectivity index (χ4v) is 4.59. The van der Waals surface area contributed by atoms with Gasteiger partial charge in [0, 0.05) is 27.6 Å². The number of rotatable bonds is 3. The smallest absolute Gasteiger partial charge is 0.173 e. The summed E-state index contributed by atoms with van der Waals surface area (Å²) in [5.74, 6) is 1.56. The zero-order chi connectivity index (χ0) is 15.8. The van der Waals surface area contributed by atoms with Crippen LogP contribution in [0.1, 0.15) is 10.4 Å². The molecule has 1 aliphatic rings. The molecule has 0 bridgehead atoms. The minimum Gasteiger partial charge on any atom is -0.339 e. The molecular weight excluding hydrogens is 350 g/mol. The van der Waals surface area contributed by atoms with Crippen molar-refractivity contribution in [1.82, 2.24) is 9.97 Å². The highest BCUT2D eigenvalue weighted by Gasteiger charge is 2.14. The molecule has 23 heavy (non-hydrogen) atoms. The molecule has 0 aliphatic carbocycles. The van der Waals surface area contributed by atoms with Crippen LogP contribution in [0.2, 0.25) is 5.15 Å². The molecule has 4 rings (SSSR count). The van der Waals surface area contributed by atoms with Crippen LogP contribution in [0.3, 0.4) is 0 Å². The van der Waals surface area contributed by atoms with E-state index in [1.165, 1.54) is 11.8 Å². The molecule has 2 aromatic heterocycles. The third-order valence-electron chi connectivity index (χ3n) is 3.63. The summed E-state index contributed by atoms with van der Waals surface area (Å²) in [6, 6.07) is 9.39. The van der Waals surface area contributed by atoms with Gasteiger partial charge in [-0.05, 0) is 30.3 Å². The van der Waals surface area contributed by atoms with Gasteiger partial charge in [-0.15, -0.1) is 0 Å². The van der Waals surface area contributed by atoms with Crippen LogP contribution in [-0.2, 0) is 0 Å². The van der Waals surface area contributed by atoms with Gasteiger partial charge in [0.15, 0.2) is 5.78 Å². The van der Waals surface area contributed by atoms with Gasteiger partial charge in [0.2, 0.25) is 0 Å². The third-order valence-corrected chi connectivity index (χ3v) is 6.09. The molecule has 116 valence electrons. The third kappa shape index (κ3) is 2.98. The van der Waals surface area contributed by atoms with Crippen molar-refractivity contribution < 1.29 is 4.79 Å². The van der Waals surface area contributed by atoms with E-state index in [0.717, 1.165) is 38.6 Å². The zero-order valence-electron chi connectivity index (χ0n) is 12.0. The van der Waals surface area contributed by atoms with E-state index in [0.29, 0.717) is 16.5 Å². The first-order chi connectivity index (χ1) is 11.2. The highest BCUT2D eigenvalue weighted by atomic mass is 35.5. The van der Waals surface area contributed by atoms with Gasteiger partial charge < -0.3 is 4.98 Å². The normalized spacial score (nSPS) is 14.6. The predicted octanol–water partition coefficient (Wildman–Crippen LogP) is 4.39. The van der Waals surface area contributed by atoms with E-state index in [2.05, 4.69) is 15.0 Å². The van der Waals surface area contributed by atoms with Crippen LogP contribution in [0, 0.1) is 0 Å². The maximum absolute atomic E-state index is 12.4. The minimum atomic E-state index is 0.114. The molecule has 0 saturated carbocycles. The molecule has 0 atom stereocenters. The molecule has 4 nitrogen and oxygen atoms in total. The Labute approximate surface area is 146 Å². The summed E-state index contributed by atoms with van der Waals surface area (Å²) in [7, 11) is 0. The zero-order valence-corrected chi connectivity index (χ0v) is 14.4. The summed E-state index contributed by atoms with van der Waals surface area (Å²) in [5, 5.41) is 2.42. The molecule has 0 amide bonds. The molecule has 1 aromatic carbocycles. The van der Waals surface area contributed by atoms with Crippen molar-refractivity contribution in [3.8, 4) is 0 Å². The average Bonchev–Trinajstić information content (AvgIpc) is 3.18. The highest BCUT2D eigenvalue weighted by molar-refractivity contribution is 8.39. The Hall–Kier alpha value is -1.50. The van der Waals surface area contributed by atoms with Gasteiger partial charge >= 0.3 is 0 Å². The standard InChI is InChI=1S/C16H12ClN3OS2/c17-14-4-2-10-11-7-9(1-3-12(11)19-15(10)20-14)13(21)8-23-16-18-5-6-22-16/h1-4,7H,5-6,8H2,(H,19,20). The highest BCUT2D eigenvalue weighted by Crippen LogP contribution is 2.27. The first-order valence-electron chi connectivity index (χ1n) is 7.12. The molecule has 3 heterocycles. The van der Waals surface area contributed by atoms with Crippen molar-refractivity contribution in [2.24, 2.45) is 4.99 Å². The number of hydrogen-bond acceptors (Lipinski definition) is 5. The van der Waals surface area contributed by atoms with Crippen molar-refractivity contribution in [2.45, 2.75) is 0 Å². The Balaban J connectivity index is 1.64. The first kappa shape index (κ1) is 15.1. The molecule has 1 N–H and O–H groups in total. The number of Topliss-reactive ketones (excluding diaryl/α,β-unsaturated/α-hetero) is 1. The fourth-order valence-electron chi connectivity index (χ4n) is 2.54. The molecule has 0 radical (unpaired) electrons. The first-order valence-corrected chi connectivity index (χ1v) is 9.47. The maximum Gasteiger partial charge on any atom is 0.173 e. The number of fused-ring (bicyclic) bond motifs is 3. The monoisotopic (exact) mass is 361 g/mol. The van der Waals surface area contributed by atoms with Crippen LogP contribution < -0.4 is 0 Å². The van der Waals surface area contributed by atoms with Gasteiger partial charge in [0.25, 0.3) is 0 Å². The lowest BCUT2D eigenvalue weighted by Gasteiger charge is -2.01. The van der Waals surface area contributed by atoms with Gasteiger partial charge in [0.1, 0.15) is 15.2 Å². The second-order valence-electron chi connectivity index (χ2n) is 5.12. The summed E-state index contributed by atoms with van der Waals surface area (Å²) in [4.78, 5) is 24.3. The van der Waals surface area contributed by atoms with Gasteiger partial charge in [-0.1, -0.05) is 35.1 Å².